The van der Waals surface area contributed by atoms with Gasteiger partial charge >= 0.3 is 0 Å². The third kappa shape index (κ3) is 3.86. The number of pyridine rings is 1. The fourth-order valence-corrected chi connectivity index (χ4v) is 2.21. The summed E-state index contributed by atoms with van der Waals surface area (Å²) in [5, 5.41) is 8.34. The summed E-state index contributed by atoms with van der Waals surface area (Å²) in [5.41, 5.74) is 13.0. The van der Waals surface area contributed by atoms with Gasteiger partial charge in [-0.15, -0.1) is 5.10 Å². The number of hydrogen-bond donors (Lipinski definition) is 2. The molecule has 0 amide bonds. The highest BCUT2D eigenvalue weighted by atomic mass is 16.5. The van der Waals surface area contributed by atoms with Crippen molar-refractivity contribution in [3.8, 4) is 5.75 Å². The molecule has 120 valence electrons. The molecule has 0 aliphatic carbocycles. The summed E-state index contributed by atoms with van der Waals surface area (Å²) in [6.45, 7) is 0.480. The summed E-state index contributed by atoms with van der Waals surface area (Å²) >= 11 is 0. The zero-order chi connectivity index (χ0) is 16.8. The summed E-state index contributed by atoms with van der Waals surface area (Å²) < 4.78 is 5.93. The van der Waals surface area contributed by atoms with Crippen molar-refractivity contribution in [2.24, 2.45) is 21.7 Å². The van der Waals surface area contributed by atoms with Crippen LogP contribution in [0.4, 0.5) is 0 Å². The van der Waals surface area contributed by atoms with E-state index in [0.717, 1.165) is 16.5 Å². The Hall–Kier alpha value is -3.41. The van der Waals surface area contributed by atoms with Crippen LogP contribution in [0.15, 0.2) is 70.9 Å². The van der Waals surface area contributed by atoms with Gasteiger partial charge in [0.2, 0.25) is 5.96 Å². The topological polar surface area (TPSA) is 98.9 Å². The van der Waals surface area contributed by atoms with Crippen LogP contribution in [0.3, 0.4) is 0 Å². The second-order valence-corrected chi connectivity index (χ2v) is 5.11. The largest absolute Gasteiger partial charge is 0.487 e. The Morgan fingerprint density at radius 1 is 1.00 bits per heavy atom. The van der Waals surface area contributed by atoms with Gasteiger partial charge < -0.3 is 16.2 Å². The summed E-state index contributed by atoms with van der Waals surface area (Å²) in [6.07, 6.45) is 1.49. The number of aromatic nitrogens is 1. The van der Waals surface area contributed by atoms with Gasteiger partial charge in [-0.05, 0) is 17.7 Å². The summed E-state index contributed by atoms with van der Waals surface area (Å²) in [4.78, 5) is 4.56. The van der Waals surface area contributed by atoms with Crippen LogP contribution in [0.25, 0.3) is 10.9 Å². The van der Waals surface area contributed by atoms with E-state index in [9.17, 15) is 0 Å². The zero-order valence-electron chi connectivity index (χ0n) is 13.0. The smallest absolute Gasteiger partial charge is 0.211 e. The molecule has 2 aromatic carbocycles. The number of rotatable bonds is 5. The molecule has 6 nitrogen and oxygen atoms in total. The van der Waals surface area contributed by atoms with Crippen LogP contribution < -0.4 is 16.2 Å². The van der Waals surface area contributed by atoms with E-state index in [0.29, 0.717) is 18.1 Å². The fraction of sp³-hybridized carbons (Fsp3) is 0.0556. The van der Waals surface area contributed by atoms with Crippen LogP contribution >= 0.6 is 0 Å². The fourth-order valence-electron chi connectivity index (χ4n) is 2.21. The second-order valence-electron chi connectivity index (χ2n) is 5.11. The predicted octanol–water partition coefficient (Wildman–Crippen LogP) is 2.42. The Morgan fingerprint density at radius 3 is 2.62 bits per heavy atom. The molecular formula is C18H17N5O. The van der Waals surface area contributed by atoms with Crippen molar-refractivity contribution < 1.29 is 4.74 Å². The summed E-state index contributed by atoms with van der Waals surface area (Å²) in [6, 6.07) is 19.6. The first kappa shape index (κ1) is 15.5. The molecule has 0 fully saturated rings. The van der Waals surface area contributed by atoms with Crippen LogP contribution in [0.1, 0.15) is 11.3 Å². The Morgan fingerprint density at radius 2 is 1.83 bits per heavy atom. The molecule has 0 aliphatic heterocycles. The highest BCUT2D eigenvalue weighted by Crippen LogP contribution is 2.24. The van der Waals surface area contributed by atoms with Crippen molar-refractivity contribution >= 4 is 23.1 Å². The van der Waals surface area contributed by atoms with E-state index in [-0.39, 0.29) is 5.96 Å². The number of nitrogens with two attached hydrogens (primary N) is 2. The van der Waals surface area contributed by atoms with Crippen LogP contribution in [0.2, 0.25) is 0 Å². The van der Waals surface area contributed by atoms with Crippen molar-refractivity contribution in [3.63, 3.8) is 0 Å². The molecule has 0 saturated heterocycles. The maximum absolute atomic E-state index is 5.93. The lowest BCUT2D eigenvalue weighted by atomic mass is 10.2. The van der Waals surface area contributed by atoms with Crippen molar-refractivity contribution in [1.82, 2.24) is 4.98 Å². The quantitative estimate of drug-likeness (QED) is 0.428. The van der Waals surface area contributed by atoms with E-state index in [1.807, 2.05) is 60.7 Å². The maximum Gasteiger partial charge on any atom is 0.211 e. The Kier molecular flexibility index (Phi) is 4.67. The second kappa shape index (κ2) is 7.23. The molecule has 24 heavy (non-hydrogen) atoms. The molecule has 0 aliphatic rings. The maximum atomic E-state index is 5.93. The zero-order valence-corrected chi connectivity index (χ0v) is 13.0. The lowest BCUT2D eigenvalue weighted by Gasteiger charge is -2.09. The van der Waals surface area contributed by atoms with Gasteiger partial charge in [-0.2, -0.15) is 5.10 Å². The van der Waals surface area contributed by atoms with Crippen LogP contribution in [-0.2, 0) is 6.61 Å². The molecule has 1 aromatic heterocycles. The number of ether oxygens (including phenoxy) is 1. The van der Waals surface area contributed by atoms with Crippen LogP contribution in [0.5, 0.6) is 5.75 Å². The molecule has 0 unspecified atom stereocenters. The van der Waals surface area contributed by atoms with Crippen LogP contribution in [0, 0.1) is 0 Å². The van der Waals surface area contributed by atoms with Gasteiger partial charge in [0, 0.05) is 5.39 Å². The van der Waals surface area contributed by atoms with Crippen LogP contribution in [-0.4, -0.2) is 17.2 Å². The van der Waals surface area contributed by atoms with Gasteiger partial charge in [-0.3, -0.25) is 0 Å². The molecule has 6 heteroatoms. The van der Waals surface area contributed by atoms with Gasteiger partial charge in [0.1, 0.15) is 17.9 Å². The van der Waals surface area contributed by atoms with E-state index < -0.39 is 0 Å². The average Bonchev–Trinajstić information content (AvgIpc) is 2.60. The third-order valence-electron chi connectivity index (χ3n) is 3.31. The number of hydrogen-bond acceptors (Lipinski definition) is 4. The van der Waals surface area contributed by atoms with E-state index >= 15 is 0 Å². The minimum absolute atomic E-state index is 0.0982. The third-order valence-corrected chi connectivity index (χ3v) is 3.31. The van der Waals surface area contributed by atoms with E-state index in [1.54, 1.807) is 0 Å². The van der Waals surface area contributed by atoms with Crippen molar-refractivity contribution in [2.45, 2.75) is 6.61 Å². The minimum Gasteiger partial charge on any atom is -0.487 e. The first-order valence-corrected chi connectivity index (χ1v) is 7.41. The van der Waals surface area contributed by atoms with Gasteiger partial charge in [0.25, 0.3) is 0 Å². The molecule has 0 bridgehead atoms. The monoisotopic (exact) mass is 319 g/mol. The SMILES string of the molecule is NC(N)=N/N=C/c1ccc2cccc(OCc3ccccc3)c2n1. The lowest BCUT2D eigenvalue weighted by Crippen LogP contribution is -2.21. The van der Waals surface area contributed by atoms with Gasteiger partial charge in [0.15, 0.2) is 0 Å². The normalized spacial score (nSPS) is 10.8. The summed E-state index contributed by atoms with van der Waals surface area (Å²) in [5.74, 6) is 0.618. The number of nitrogens with zero attached hydrogens (tertiary/aromatic N) is 3. The van der Waals surface area contributed by atoms with Crippen molar-refractivity contribution in [1.29, 1.82) is 0 Å². The molecule has 0 atom stereocenters. The van der Waals surface area contributed by atoms with Gasteiger partial charge in [-0.25, -0.2) is 4.98 Å². The van der Waals surface area contributed by atoms with E-state index in [4.69, 9.17) is 16.2 Å². The van der Waals surface area contributed by atoms with Crippen molar-refractivity contribution in [3.05, 3.63) is 71.9 Å². The Labute approximate surface area is 139 Å². The highest BCUT2D eigenvalue weighted by Gasteiger charge is 2.05. The molecule has 0 radical (unpaired) electrons. The Bertz CT molecular complexity index is 886. The standard InChI is InChI=1S/C18H17N5O/c19-18(20)23-21-11-15-10-9-14-7-4-8-16(17(14)22-15)24-12-13-5-2-1-3-6-13/h1-11H,12H2,(H4,19,20,23)/b21-11+. The number of guanidine groups is 1. The minimum atomic E-state index is -0.0982. The lowest BCUT2D eigenvalue weighted by molar-refractivity contribution is 0.309. The predicted molar refractivity (Wildman–Crippen MR) is 95.9 cm³/mol. The summed E-state index contributed by atoms with van der Waals surface area (Å²) in [7, 11) is 0. The molecule has 0 spiro atoms. The molecule has 1 heterocycles. The number of fused-ring (bicyclic) bond motifs is 1. The molecule has 3 aromatic rings. The Balaban J connectivity index is 1.87. The van der Waals surface area contributed by atoms with Crippen molar-refractivity contribution in [2.75, 3.05) is 0 Å². The number of benzene rings is 2. The first-order chi connectivity index (χ1) is 11.7. The highest BCUT2D eigenvalue weighted by molar-refractivity contribution is 5.89. The van der Waals surface area contributed by atoms with Gasteiger partial charge in [0.05, 0.1) is 11.9 Å². The van der Waals surface area contributed by atoms with E-state index in [1.165, 1.54) is 6.21 Å². The molecule has 4 N–H and O–H groups in total. The molecular weight excluding hydrogens is 302 g/mol. The molecule has 3 rings (SSSR count). The average molecular weight is 319 g/mol. The first-order valence-electron chi connectivity index (χ1n) is 7.41. The number of para-hydroxylation sites is 1. The van der Waals surface area contributed by atoms with Gasteiger partial charge in [-0.1, -0.05) is 48.5 Å². The van der Waals surface area contributed by atoms with E-state index in [2.05, 4.69) is 15.2 Å². The molecule has 0 saturated carbocycles.